The monoisotopic (exact) mass is 1160 g/mol. The Hall–Kier alpha value is -4.49. The lowest BCUT2D eigenvalue weighted by molar-refractivity contribution is -0.297. The number of likely N-dealkylation sites (N-methyl/N-ethyl adjacent to an activating group) is 2. The molecule has 27 heteroatoms. The van der Waals surface area contributed by atoms with Crippen molar-refractivity contribution in [3.8, 4) is 0 Å². The normalized spacial score (nSPS) is 32.1. The molecule has 8 N–H and O–H groups in total. The minimum absolute atomic E-state index is 0.215. The summed E-state index contributed by atoms with van der Waals surface area (Å²) in [7, 11) is 6.88. The van der Waals surface area contributed by atoms with E-state index in [0.29, 0.717) is 12.3 Å². The van der Waals surface area contributed by atoms with Crippen molar-refractivity contribution in [2.75, 3.05) is 48.5 Å². The molecule has 4 aliphatic heterocycles. The Balaban J connectivity index is 1.32. The maximum atomic E-state index is 14.7. The fourth-order valence-corrected chi connectivity index (χ4v) is 11.2. The number of esters is 3. The van der Waals surface area contributed by atoms with Crippen molar-refractivity contribution < 1.29 is 96.9 Å². The van der Waals surface area contributed by atoms with Gasteiger partial charge in [0.05, 0.1) is 12.5 Å². The molecule has 0 unspecified atom stereocenters. The van der Waals surface area contributed by atoms with Crippen LogP contribution in [0.3, 0.4) is 0 Å². The van der Waals surface area contributed by atoms with E-state index in [1.807, 2.05) is 4.98 Å². The fourth-order valence-electron chi connectivity index (χ4n) is 11.2. The van der Waals surface area contributed by atoms with Crippen LogP contribution in [-0.4, -0.2) is 227 Å². The summed E-state index contributed by atoms with van der Waals surface area (Å²) in [5, 5.41) is 55.2. The number of methoxy groups -OCH3 is 3. The number of carbonyl (C=O) groups excluding carboxylic acids is 4. The topological polar surface area (TPSA) is 366 Å². The second kappa shape index (κ2) is 32.0. The summed E-state index contributed by atoms with van der Waals surface area (Å²) in [6, 6.07) is -2.60. The lowest BCUT2D eigenvalue weighted by Gasteiger charge is -2.43. The zero-order valence-corrected chi connectivity index (χ0v) is 48.1. The van der Waals surface area contributed by atoms with Gasteiger partial charge in [-0.1, -0.05) is 78.6 Å². The van der Waals surface area contributed by atoms with Gasteiger partial charge in [0.2, 0.25) is 12.2 Å². The molecule has 0 spiro atoms. The van der Waals surface area contributed by atoms with Gasteiger partial charge in [0.1, 0.15) is 79.3 Å². The van der Waals surface area contributed by atoms with E-state index in [9.17, 15) is 59.1 Å². The molecule has 0 radical (unpaired) electrons. The van der Waals surface area contributed by atoms with Crippen LogP contribution in [0.1, 0.15) is 124 Å². The van der Waals surface area contributed by atoms with E-state index in [0.717, 1.165) is 67.3 Å². The number of nitrogens with two attached hydrogens (primary N) is 1. The smallest absolute Gasteiger partial charge is 0.330 e. The van der Waals surface area contributed by atoms with Crippen molar-refractivity contribution in [2.24, 2.45) is 17.6 Å². The molecule has 5 heterocycles. The molecule has 0 saturated carbocycles. The number of amides is 1. The van der Waals surface area contributed by atoms with Crippen LogP contribution < -0.4 is 17.0 Å². The summed E-state index contributed by atoms with van der Waals surface area (Å²) >= 11 is 0. The van der Waals surface area contributed by atoms with Crippen LogP contribution in [0.5, 0.6) is 0 Å². The van der Waals surface area contributed by atoms with Crippen LogP contribution in [0.25, 0.3) is 0 Å². The molecule has 81 heavy (non-hydrogen) atoms. The predicted octanol–water partition coefficient (Wildman–Crippen LogP) is 0.0821. The van der Waals surface area contributed by atoms with Gasteiger partial charge in [-0.05, 0) is 38.6 Å². The Morgan fingerprint density at radius 1 is 0.728 bits per heavy atom. The number of carboxylic acids is 1. The maximum Gasteiger partial charge on any atom is 0.330 e. The number of aliphatic hydroxyl groups excluding tert-OH is 4. The van der Waals surface area contributed by atoms with Gasteiger partial charge in [-0.3, -0.25) is 38.4 Å². The van der Waals surface area contributed by atoms with Crippen molar-refractivity contribution in [3.05, 3.63) is 33.1 Å². The number of aromatic nitrogens is 2. The Morgan fingerprint density at radius 2 is 1.32 bits per heavy atom. The van der Waals surface area contributed by atoms with Crippen LogP contribution in [0.4, 0.5) is 0 Å². The highest BCUT2D eigenvalue weighted by Crippen LogP contribution is 2.37. The van der Waals surface area contributed by atoms with E-state index in [-0.39, 0.29) is 25.8 Å². The first-order valence-corrected chi connectivity index (χ1v) is 28.2. The van der Waals surface area contributed by atoms with E-state index in [4.69, 9.17) is 53.1 Å². The number of nitrogens with zero attached hydrogens (tertiary/aromatic N) is 3. The predicted molar refractivity (Wildman–Crippen MR) is 284 cm³/mol. The lowest BCUT2D eigenvalue weighted by atomic mass is 9.97. The zero-order chi connectivity index (χ0) is 59.8. The van der Waals surface area contributed by atoms with Crippen LogP contribution in [0.15, 0.2) is 21.9 Å². The number of ether oxygens (including phenoxy) is 10. The van der Waals surface area contributed by atoms with Gasteiger partial charge in [-0.2, -0.15) is 0 Å². The molecular weight excluding hydrogens is 1070 g/mol. The first kappa shape index (κ1) is 67.3. The molecule has 19 atom stereocenters. The molecule has 5 rings (SSSR count). The largest absolute Gasteiger partial charge is 0.480 e. The molecule has 462 valence electrons. The van der Waals surface area contributed by atoms with Gasteiger partial charge < -0.3 is 83.5 Å². The molecule has 27 nitrogen and oxygen atoms in total. The first-order chi connectivity index (χ1) is 38.5. The molecule has 1 amide bonds. The third-order valence-corrected chi connectivity index (χ3v) is 15.5. The first-order valence-electron chi connectivity index (χ1n) is 28.2. The number of hydrogen-bond acceptors (Lipinski definition) is 23. The van der Waals surface area contributed by atoms with E-state index in [2.05, 4.69) is 13.8 Å². The Bertz CT molecular complexity index is 2290. The number of carboxylic acid groups (broad SMARTS) is 1. The minimum Gasteiger partial charge on any atom is -0.480 e. The average Bonchev–Trinajstić information content (AvgIpc) is 3.94. The summed E-state index contributed by atoms with van der Waals surface area (Å²) in [4.78, 5) is 97.7. The van der Waals surface area contributed by atoms with Gasteiger partial charge in [0.25, 0.3) is 5.56 Å². The van der Waals surface area contributed by atoms with Crippen molar-refractivity contribution in [3.63, 3.8) is 0 Å². The van der Waals surface area contributed by atoms with Crippen LogP contribution in [0, 0.1) is 11.8 Å². The molecule has 0 aliphatic carbocycles. The highest BCUT2D eigenvalue weighted by molar-refractivity contribution is 5.88. The number of H-pyrrole nitrogens is 1. The van der Waals surface area contributed by atoms with Gasteiger partial charge >= 0.3 is 29.6 Å². The molecule has 0 bridgehead atoms. The molecule has 1 aromatic heterocycles. The number of aliphatic hydroxyl groups is 4. The van der Waals surface area contributed by atoms with Crippen molar-refractivity contribution in [1.82, 2.24) is 19.4 Å². The number of hydrogen-bond donors (Lipinski definition) is 7. The summed E-state index contributed by atoms with van der Waals surface area (Å²) < 4.78 is 58.8. The summed E-state index contributed by atoms with van der Waals surface area (Å²) in [5.74, 6) is -4.89. The van der Waals surface area contributed by atoms with E-state index < -0.39 is 170 Å². The fraction of sp³-hybridized carbons (Fsp3) is 0.833. The summed E-state index contributed by atoms with van der Waals surface area (Å²) in [5.41, 5.74) is 3.95. The molecule has 1 aromatic rings. The number of aliphatic carboxylic acids is 1. The maximum absolute atomic E-state index is 14.7. The van der Waals surface area contributed by atoms with Gasteiger partial charge in [0, 0.05) is 66.6 Å². The number of carbonyl (C=O) groups is 5. The SMILES string of the molecule is CO[C@@H]1[C@@H](OC)[C@H](C)O[C@@H](OC(=O)C[C@@H](C)CC(=O)O[C@@H](CCCCCCCCCCCC(C)C)CC(=O)O[C@H]2CN(C)[C@@H]([C@H](O[C@@H]3O[C@H](CN)[C@@H](O)[C@H]3O)[C@H]3O[C@@H](n4ccc(=O)[nH]c4=O)[C@H](O)[C@@H]3O)C(=O)N(C)[C@@H]2C(=O)O)[C@@H]1OC. The minimum atomic E-state index is -1.97. The van der Waals surface area contributed by atoms with E-state index >= 15 is 0 Å². The van der Waals surface area contributed by atoms with Crippen LogP contribution in [-0.2, 0) is 71.3 Å². The van der Waals surface area contributed by atoms with Gasteiger partial charge in [-0.25, -0.2) is 9.59 Å². The van der Waals surface area contributed by atoms with E-state index in [1.54, 1.807) is 13.8 Å². The standard InChI is InChI=1S/C54H89N5O22/c1-28(2)19-17-15-13-11-10-12-14-16-18-20-31(76-35(61)23-29(3)24-36(62)79-53-48(74-9)47(73-8)44(72-7)30(4)75-53)25-37(63)77-33-27-57(5)39(49(68)58(6)38(33)51(69)70)45(81-52-43(67)40(64)32(26-55)78-52)46-41(65)42(66)50(80-46)59-22-21-34(60)56-54(59)71/h21-22,28-33,38-48,50,52-53,64-67H,10-20,23-27,55H2,1-9H3,(H,69,70)(H,56,60,71)/t29-,30-,31-,32+,33-,38-,39-,40+,41-,42+,43+,44-,45-,46-,47+,48+,50+,52-,53-/m0/s1. The number of rotatable bonds is 31. The highest BCUT2D eigenvalue weighted by Gasteiger charge is 2.57. The number of unbranched alkanes of at least 4 members (excludes halogenated alkanes) is 8. The molecule has 0 aromatic carbocycles. The summed E-state index contributed by atoms with van der Waals surface area (Å²) in [6.07, 6.45) is -11.3. The van der Waals surface area contributed by atoms with Crippen molar-refractivity contribution in [1.29, 1.82) is 0 Å². The van der Waals surface area contributed by atoms with Crippen molar-refractivity contribution >= 4 is 29.8 Å². The van der Waals surface area contributed by atoms with Gasteiger partial charge in [0.15, 0.2) is 18.6 Å². The Kier molecular flexibility index (Phi) is 26.6. The lowest BCUT2D eigenvalue weighted by Crippen LogP contribution is -2.59. The quantitative estimate of drug-likeness (QED) is 0.0294. The second-order valence-electron chi connectivity index (χ2n) is 22.3. The molecule has 4 fully saturated rings. The Morgan fingerprint density at radius 3 is 1.89 bits per heavy atom. The average molecular weight is 1160 g/mol. The highest BCUT2D eigenvalue weighted by atomic mass is 16.7. The molecule has 4 saturated heterocycles. The number of nitrogens with one attached hydrogen (secondary N) is 1. The third kappa shape index (κ3) is 18.0. The molecular formula is C54H89N5O22. The van der Waals surface area contributed by atoms with Gasteiger partial charge in [-0.15, -0.1) is 0 Å². The molecule has 4 aliphatic rings. The van der Waals surface area contributed by atoms with Crippen LogP contribution in [0.2, 0.25) is 0 Å². The van der Waals surface area contributed by atoms with Crippen molar-refractivity contribution in [2.45, 2.75) is 228 Å². The van der Waals surface area contributed by atoms with Crippen LogP contribution >= 0.6 is 0 Å². The summed E-state index contributed by atoms with van der Waals surface area (Å²) in [6.45, 7) is 7.04. The second-order valence-corrected chi connectivity index (χ2v) is 22.3. The number of aromatic amines is 1. The van der Waals surface area contributed by atoms with E-state index in [1.165, 1.54) is 52.5 Å². The Labute approximate surface area is 471 Å². The third-order valence-electron chi connectivity index (χ3n) is 15.5. The zero-order valence-electron chi connectivity index (χ0n) is 48.1.